The van der Waals surface area contributed by atoms with Gasteiger partial charge in [0.2, 0.25) is 11.7 Å². The predicted octanol–water partition coefficient (Wildman–Crippen LogP) is 3.26. The highest BCUT2D eigenvalue weighted by molar-refractivity contribution is 7.99. The number of carbonyl (C=O) groups is 1. The maximum atomic E-state index is 14.5. The number of carbonyl (C=O) groups excluding carboxylic acids is 1. The Balaban J connectivity index is 1.91. The van der Waals surface area contributed by atoms with Gasteiger partial charge in [-0.2, -0.15) is 4.98 Å². The Bertz CT molecular complexity index is 809. The molecule has 0 saturated heterocycles. The molecule has 1 N–H and O–H groups in total. The molecule has 2 aromatic rings. The van der Waals surface area contributed by atoms with Gasteiger partial charge >= 0.3 is 0 Å². The fourth-order valence-corrected chi connectivity index (χ4v) is 3.27. The minimum atomic E-state index is -0.474. The Morgan fingerprint density at radius 3 is 2.96 bits per heavy atom. The molecule has 0 amide bonds. The second kappa shape index (κ2) is 6.65. The molecule has 3 rings (SSSR count). The van der Waals surface area contributed by atoms with Crippen LogP contribution in [0.1, 0.15) is 25.2 Å². The molecule has 1 aliphatic carbocycles. The molecular weight excluding hydrogens is 329 g/mol. The van der Waals surface area contributed by atoms with Crippen molar-refractivity contribution in [3.05, 3.63) is 23.8 Å². The van der Waals surface area contributed by atoms with Gasteiger partial charge in [-0.1, -0.05) is 11.1 Å². The number of hydrogen-bond donors (Lipinski definition) is 1. The average Bonchev–Trinajstić information content (AvgIpc) is 3.24. The quantitative estimate of drug-likeness (QED) is 0.359. The van der Waals surface area contributed by atoms with Crippen molar-refractivity contribution in [1.29, 1.82) is 0 Å². The van der Waals surface area contributed by atoms with Gasteiger partial charge in [0.05, 0.1) is 5.56 Å². The molecule has 7 heteroatoms. The van der Waals surface area contributed by atoms with Crippen molar-refractivity contribution >= 4 is 23.7 Å². The monoisotopic (exact) mass is 345 g/mol. The number of aldehydes is 1. The summed E-state index contributed by atoms with van der Waals surface area (Å²) in [6.07, 6.45) is 8.39. The first-order chi connectivity index (χ1) is 11.6. The van der Waals surface area contributed by atoms with Gasteiger partial charge in [-0.05, 0) is 25.0 Å². The van der Waals surface area contributed by atoms with Crippen LogP contribution in [0.3, 0.4) is 0 Å². The SMILES string of the molecule is C#CC1(c2nc(-c3cc(NC)c(SCCC=O)cc3F)no2)CC1. The second-order valence-electron chi connectivity index (χ2n) is 5.53. The smallest absolute Gasteiger partial charge is 0.245 e. The molecule has 5 nitrogen and oxygen atoms in total. The molecule has 0 bridgehead atoms. The zero-order valence-electron chi connectivity index (χ0n) is 13.1. The van der Waals surface area contributed by atoms with Crippen LogP contribution in [0.5, 0.6) is 0 Å². The zero-order chi connectivity index (χ0) is 17.2. The van der Waals surface area contributed by atoms with Crippen LogP contribution in [0.15, 0.2) is 21.6 Å². The number of aromatic nitrogens is 2. The van der Waals surface area contributed by atoms with E-state index in [1.165, 1.54) is 17.8 Å². The molecule has 1 saturated carbocycles. The Morgan fingerprint density at radius 1 is 1.54 bits per heavy atom. The number of terminal acetylenes is 1. The van der Waals surface area contributed by atoms with Crippen LogP contribution in [0.25, 0.3) is 11.4 Å². The number of thioether (sulfide) groups is 1. The highest BCUT2D eigenvalue weighted by atomic mass is 32.2. The minimum Gasteiger partial charge on any atom is -0.387 e. The molecule has 1 aliphatic rings. The lowest BCUT2D eigenvalue weighted by Crippen LogP contribution is -2.02. The molecule has 1 fully saturated rings. The normalized spacial score (nSPS) is 14.9. The van der Waals surface area contributed by atoms with E-state index in [4.69, 9.17) is 10.9 Å². The third-order valence-corrected chi connectivity index (χ3v) is 5.02. The highest BCUT2D eigenvalue weighted by Crippen LogP contribution is 2.47. The largest absolute Gasteiger partial charge is 0.387 e. The van der Waals surface area contributed by atoms with E-state index < -0.39 is 11.2 Å². The lowest BCUT2D eigenvalue weighted by atomic mass is 10.1. The van der Waals surface area contributed by atoms with Crippen molar-refractivity contribution in [2.75, 3.05) is 18.1 Å². The molecule has 0 radical (unpaired) electrons. The summed E-state index contributed by atoms with van der Waals surface area (Å²) < 4.78 is 19.7. The van der Waals surface area contributed by atoms with E-state index >= 15 is 0 Å². The Morgan fingerprint density at radius 2 is 2.33 bits per heavy atom. The number of benzene rings is 1. The van der Waals surface area contributed by atoms with Crippen molar-refractivity contribution < 1.29 is 13.7 Å². The lowest BCUT2D eigenvalue weighted by Gasteiger charge is -2.10. The van der Waals surface area contributed by atoms with Crippen molar-refractivity contribution in [3.8, 4) is 23.7 Å². The summed E-state index contributed by atoms with van der Waals surface area (Å²) in [7, 11) is 1.75. The third kappa shape index (κ3) is 3.02. The first kappa shape index (κ1) is 16.5. The molecule has 24 heavy (non-hydrogen) atoms. The molecule has 0 unspecified atom stereocenters. The van der Waals surface area contributed by atoms with Gasteiger partial charge in [0.15, 0.2) is 0 Å². The molecule has 1 aromatic heterocycles. The number of nitrogens with one attached hydrogen (secondary N) is 1. The number of anilines is 1. The van der Waals surface area contributed by atoms with E-state index in [0.29, 0.717) is 18.1 Å². The van der Waals surface area contributed by atoms with Crippen LogP contribution in [0, 0.1) is 18.2 Å². The highest BCUT2D eigenvalue weighted by Gasteiger charge is 2.48. The zero-order valence-corrected chi connectivity index (χ0v) is 14.0. The summed E-state index contributed by atoms with van der Waals surface area (Å²) in [4.78, 5) is 15.4. The van der Waals surface area contributed by atoms with Gasteiger partial charge in [0.1, 0.15) is 17.5 Å². The summed E-state index contributed by atoms with van der Waals surface area (Å²) in [5.41, 5.74) is 0.520. The number of halogens is 1. The summed E-state index contributed by atoms with van der Waals surface area (Å²) in [5, 5.41) is 6.91. The maximum Gasteiger partial charge on any atom is 0.245 e. The number of nitrogens with zero attached hydrogens (tertiary/aromatic N) is 2. The fourth-order valence-electron chi connectivity index (χ4n) is 2.33. The molecule has 0 atom stereocenters. The fraction of sp³-hybridized carbons (Fsp3) is 0.353. The van der Waals surface area contributed by atoms with Crippen LogP contribution in [-0.2, 0) is 10.2 Å². The first-order valence-corrected chi connectivity index (χ1v) is 8.52. The maximum absolute atomic E-state index is 14.5. The van der Waals surface area contributed by atoms with Crippen molar-refractivity contribution in [2.45, 2.75) is 29.6 Å². The van der Waals surface area contributed by atoms with Crippen LogP contribution in [0.4, 0.5) is 10.1 Å². The van der Waals surface area contributed by atoms with Gasteiger partial charge < -0.3 is 14.6 Å². The first-order valence-electron chi connectivity index (χ1n) is 7.53. The molecular formula is C17H16FN3O2S. The van der Waals surface area contributed by atoms with Gasteiger partial charge in [0, 0.05) is 29.8 Å². The third-order valence-electron chi connectivity index (χ3n) is 3.93. The van der Waals surface area contributed by atoms with E-state index in [0.717, 1.165) is 29.7 Å². The van der Waals surface area contributed by atoms with Gasteiger partial charge in [-0.3, -0.25) is 0 Å². The summed E-state index contributed by atoms with van der Waals surface area (Å²) in [6.45, 7) is 0. The summed E-state index contributed by atoms with van der Waals surface area (Å²) in [5.74, 6) is 3.38. The van der Waals surface area contributed by atoms with E-state index in [9.17, 15) is 9.18 Å². The topological polar surface area (TPSA) is 68.0 Å². The van der Waals surface area contributed by atoms with Gasteiger partial charge in [0.25, 0.3) is 0 Å². The Labute approximate surface area is 143 Å². The summed E-state index contributed by atoms with van der Waals surface area (Å²) in [6, 6.07) is 3.06. The number of rotatable bonds is 7. The molecule has 1 heterocycles. The van der Waals surface area contributed by atoms with Crippen LogP contribution in [0.2, 0.25) is 0 Å². The van der Waals surface area contributed by atoms with E-state index in [2.05, 4.69) is 21.4 Å². The van der Waals surface area contributed by atoms with Crippen molar-refractivity contribution in [2.24, 2.45) is 0 Å². The van der Waals surface area contributed by atoms with Crippen LogP contribution >= 0.6 is 11.8 Å². The van der Waals surface area contributed by atoms with Gasteiger partial charge in [-0.15, -0.1) is 18.2 Å². The molecule has 0 aliphatic heterocycles. The lowest BCUT2D eigenvalue weighted by molar-refractivity contribution is -0.107. The van der Waals surface area contributed by atoms with E-state index in [1.54, 1.807) is 13.1 Å². The van der Waals surface area contributed by atoms with Crippen molar-refractivity contribution in [3.63, 3.8) is 0 Å². The van der Waals surface area contributed by atoms with E-state index in [-0.39, 0.29) is 11.4 Å². The minimum absolute atomic E-state index is 0.185. The summed E-state index contributed by atoms with van der Waals surface area (Å²) >= 11 is 1.41. The molecule has 124 valence electrons. The Kier molecular flexibility index (Phi) is 4.58. The molecule has 1 aromatic carbocycles. The number of hydrogen-bond acceptors (Lipinski definition) is 6. The molecule has 0 spiro atoms. The van der Waals surface area contributed by atoms with Crippen molar-refractivity contribution in [1.82, 2.24) is 10.1 Å². The predicted molar refractivity (Wildman–Crippen MR) is 90.4 cm³/mol. The average molecular weight is 345 g/mol. The van der Waals surface area contributed by atoms with Crippen LogP contribution in [-0.4, -0.2) is 29.2 Å². The van der Waals surface area contributed by atoms with Crippen LogP contribution < -0.4 is 5.32 Å². The Hall–Kier alpha value is -2.33. The second-order valence-corrected chi connectivity index (χ2v) is 6.67. The standard InChI is InChI=1S/C17H16FN3O2S/c1-3-17(5-6-17)16-20-15(21-23-16)11-9-13(19-2)14(10-12(11)18)24-8-4-7-22/h1,7,9-10,19H,4-6,8H2,2H3. The van der Waals surface area contributed by atoms with E-state index in [1.807, 2.05) is 0 Å². The van der Waals surface area contributed by atoms with Gasteiger partial charge in [-0.25, -0.2) is 4.39 Å².